The smallest absolute Gasteiger partial charge is 0.0237 e. The van der Waals surface area contributed by atoms with Gasteiger partial charge in [-0.05, 0) is 24.3 Å². The summed E-state index contributed by atoms with van der Waals surface area (Å²) in [5, 5.41) is 2.42. The van der Waals surface area contributed by atoms with Crippen molar-refractivity contribution in [3.05, 3.63) is 52.4 Å². The van der Waals surface area contributed by atoms with Crippen LogP contribution in [0.2, 0.25) is 0 Å². The number of fused-ring (bicyclic) bond motifs is 1. The van der Waals surface area contributed by atoms with Crippen molar-refractivity contribution in [2.45, 2.75) is 6.92 Å². The first kappa shape index (κ1) is 7.15. The highest BCUT2D eigenvalue weighted by atomic mass is 13.9. The maximum absolute atomic E-state index is 3.21. The molecule has 2 rings (SSSR count). The Hall–Kier alpha value is -1.52. The summed E-state index contributed by atoms with van der Waals surface area (Å²) in [7, 11) is 0. The fraction of sp³-hybridized carbons (Fsp3) is 0.0833. The first-order valence-corrected chi connectivity index (χ1v) is 4.07. The van der Waals surface area contributed by atoms with Gasteiger partial charge in [0.05, 0.1) is 0 Å². The Morgan fingerprint density at radius 1 is 1.17 bits per heavy atom. The average molecular weight is 154 g/mol. The van der Waals surface area contributed by atoms with Crippen molar-refractivity contribution in [3.63, 3.8) is 0 Å². The van der Waals surface area contributed by atoms with E-state index in [1.54, 1.807) is 0 Å². The van der Waals surface area contributed by atoms with Crippen molar-refractivity contribution in [2.24, 2.45) is 0 Å². The third-order valence-electron chi connectivity index (χ3n) is 1.93. The summed E-state index contributed by atoms with van der Waals surface area (Å²) in [4.78, 5) is 0. The molecule has 1 aliphatic carbocycles. The van der Waals surface area contributed by atoms with Crippen LogP contribution in [0.25, 0.3) is 11.8 Å². The molecular formula is C12H10. The molecule has 1 aromatic carbocycles. The molecular weight excluding hydrogens is 144 g/mol. The summed E-state index contributed by atoms with van der Waals surface area (Å²) in [5.74, 6) is 0. The van der Waals surface area contributed by atoms with Gasteiger partial charge in [-0.15, -0.1) is 5.73 Å². The van der Waals surface area contributed by atoms with E-state index in [9.17, 15) is 0 Å². The van der Waals surface area contributed by atoms with E-state index < -0.39 is 0 Å². The third kappa shape index (κ3) is 1.25. The van der Waals surface area contributed by atoms with E-state index in [1.165, 1.54) is 16.0 Å². The van der Waals surface area contributed by atoms with Gasteiger partial charge in [0, 0.05) is 5.22 Å². The second-order valence-corrected chi connectivity index (χ2v) is 2.95. The molecule has 0 bridgehead atoms. The van der Waals surface area contributed by atoms with E-state index in [1.807, 2.05) is 18.2 Å². The lowest BCUT2D eigenvalue weighted by Gasteiger charge is -1.89. The molecule has 0 heteroatoms. The maximum Gasteiger partial charge on any atom is 0.0237 e. The highest BCUT2D eigenvalue weighted by Gasteiger charge is 1.86. The maximum atomic E-state index is 3.21. The lowest BCUT2D eigenvalue weighted by atomic mass is 10.2. The highest BCUT2D eigenvalue weighted by molar-refractivity contribution is 5.45. The summed E-state index contributed by atoms with van der Waals surface area (Å²) in [6.45, 7) is 2.10. The molecule has 0 radical (unpaired) electrons. The van der Waals surface area contributed by atoms with E-state index in [0.717, 1.165) is 0 Å². The lowest BCUT2D eigenvalue weighted by Crippen LogP contribution is -2.22. The molecule has 58 valence electrons. The van der Waals surface area contributed by atoms with Gasteiger partial charge >= 0.3 is 0 Å². The topological polar surface area (TPSA) is 0 Å². The number of hydrogen-bond acceptors (Lipinski definition) is 0. The average Bonchev–Trinajstić information content (AvgIpc) is 2.28. The Bertz CT molecular complexity index is 469. The second kappa shape index (κ2) is 2.84. The third-order valence-corrected chi connectivity index (χ3v) is 1.93. The Morgan fingerprint density at radius 2 is 2.08 bits per heavy atom. The molecule has 0 saturated heterocycles. The molecule has 12 heavy (non-hydrogen) atoms. The molecule has 1 aromatic rings. The van der Waals surface area contributed by atoms with Crippen LogP contribution in [0, 0.1) is 6.92 Å². The van der Waals surface area contributed by atoms with Crippen LogP contribution in [0.3, 0.4) is 0 Å². The number of benzene rings is 1. The highest BCUT2D eigenvalue weighted by Crippen LogP contribution is 1.87. The molecule has 0 saturated carbocycles. The zero-order valence-electron chi connectivity index (χ0n) is 7.04. The predicted molar refractivity (Wildman–Crippen MR) is 52.0 cm³/mol. The first-order valence-electron chi connectivity index (χ1n) is 4.07. The number of aryl methyl sites for hydroxylation is 1. The van der Waals surface area contributed by atoms with Gasteiger partial charge in [-0.1, -0.05) is 35.9 Å². The second-order valence-electron chi connectivity index (χ2n) is 2.95. The summed E-state index contributed by atoms with van der Waals surface area (Å²) >= 11 is 0. The molecule has 0 spiro atoms. The molecule has 0 amide bonds. The van der Waals surface area contributed by atoms with Crippen LogP contribution in [-0.4, -0.2) is 0 Å². The minimum absolute atomic E-state index is 1.17. The van der Waals surface area contributed by atoms with Crippen LogP contribution in [0.5, 0.6) is 0 Å². The van der Waals surface area contributed by atoms with Crippen molar-refractivity contribution >= 4 is 11.8 Å². The fourth-order valence-corrected chi connectivity index (χ4v) is 1.30. The number of allylic oxidation sites excluding steroid dienone is 3. The molecule has 1 aliphatic rings. The normalized spacial score (nSPS) is 12.8. The van der Waals surface area contributed by atoms with Gasteiger partial charge in [0.25, 0.3) is 0 Å². The molecule has 0 unspecified atom stereocenters. The van der Waals surface area contributed by atoms with Crippen molar-refractivity contribution in [1.29, 1.82) is 0 Å². The number of hydrogen-bond donors (Lipinski definition) is 0. The van der Waals surface area contributed by atoms with Gasteiger partial charge < -0.3 is 0 Å². The molecule has 0 aromatic heterocycles. The van der Waals surface area contributed by atoms with Gasteiger partial charge in [0.2, 0.25) is 0 Å². The van der Waals surface area contributed by atoms with Gasteiger partial charge in [-0.3, -0.25) is 0 Å². The van der Waals surface area contributed by atoms with E-state index in [0.29, 0.717) is 0 Å². The van der Waals surface area contributed by atoms with Crippen LogP contribution >= 0.6 is 0 Å². The van der Waals surface area contributed by atoms with Gasteiger partial charge in [-0.2, -0.15) is 0 Å². The summed E-state index contributed by atoms with van der Waals surface area (Å²) in [5.41, 5.74) is 4.50. The predicted octanol–water partition coefficient (Wildman–Crippen LogP) is 1.28. The Morgan fingerprint density at radius 3 is 3.00 bits per heavy atom. The van der Waals surface area contributed by atoms with E-state index in [4.69, 9.17) is 0 Å². The summed E-state index contributed by atoms with van der Waals surface area (Å²) in [6.07, 6.45) is 8.09. The van der Waals surface area contributed by atoms with Crippen LogP contribution in [0.4, 0.5) is 0 Å². The first-order chi connectivity index (χ1) is 5.86. The SMILES string of the molecule is Cc1ccc2c(c1)=CC=CC=C=2. The van der Waals surface area contributed by atoms with Crippen LogP contribution in [0.1, 0.15) is 5.56 Å². The molecule has 0 fully saturated rings. The zero-order valence-corrected chi connectivity index (χ0v) is 7.04. The van der Waals surface area contributed by atoms with Gasteiger partial charge in [-0.25, -0.2) is 0 Å². The molecule has 0 atom stereocenters. The molecule has 0 nitrogen and oxygen atoms in total. The van der Waals surface area contributed by atoms with Crippen molar-refractivity contribution < 1.29 is 0 Å². The lowest BCUT2D eigenvalue weighted by molar-refractivity contribution is 1.41. The fourth-order valence-electron chi connectivity index (χ4n) is 1.30. The molecule has 0 aliphatic heterocycles. The molecule has 0 N–H and O–H groups in total. The van der Waals surface area contributed by atoms with E-state index >= 15 is 0 Å². The quantitative estimate of drug-likeness (QED) is 0.528. The van der Waals surface area contributed by atoms with Gasteiger partial charge in [0.1, 0.15) is 0 Å². The Labute approximate surface area is 71.9 Å². The standard InChI is InChI=1S/C12H10/c1-10-7-8-11-5-3-2-4-6-12(11)9-10/h2-4,6-9H,1H3. The van der Waals surface area contributed by atoms with Crippen LogP contribution in [0.15, 0.2) is 36.4 Å². The zero-order chi connectivity index (χ0) is 8.39. The van der Waals surface area contributed by atoms with Gasteiger partial charge in [0.15, 0.2) is 0 Å². The van der Waals surface area contributed by atoms with Crippen molar-refractivity contribution in [1.82, 2.24) is 0 Å². The minimum atomic E-state index is 1.17. The largest absolute Gasteiger partial charge is 0.112 e. The minimum Gasteiger partial charge on any atom is -0.112 e. The summed E-state index contributed by atoms with van der Waals surface area (Å²) < 4.78 is 0. The van der Waals surface area contributed by atoms with Crippen LogP contribution in [-0.2, 0) is 0 Å². The van der Waals surface area contributed by atoms with E-state index in [-0.39, 0.29) is 0 Å². The van der Waals surface area contributed by atoms with Crippen molar-refractivity contribution in [2.75, 3.05) is 0 Å². The van der Waals surface area contributed by atoms with Crippen molar-refractivity contribution in [3.8, 4) is 0 Å². The Balaban J connectivity index is 2.94. The number of rotatable bonds is 0. The summed E-state index contributed by atoms with van der Waals surface area (Å²) in [6, 6.07) is 6.38. The van der Waals surface area contributed by atoms with E-state index in [2.05, 4.69) is 36.9 Å². The molecule has 0 heterocycles. The Kier molecular flexibility index (Phi) is 1.69. The monoisotopic (exact) mass is 154 g/mol. The van der Waals surface area contributed by atoms with Crippen LogP contribution < -0.4 is 10.4 Å².